The van der Waals surface area contributed by atoms with Crippen molar-refractivity contribution in [2.75, 3.05) is 0 Å². The molecule has 5 nitrogen and oxygen atoms in total. The van der Waals surface area contributed by atoms with Crippen molar-refractivity contribution in [1.82, 2.24) is 24.1 Å². The van der Waals surface area contributed by atoms with Crippen LogP contribution in [0, 0.1) is 5.82 Å². The molecule has 6 heteroatoms. The molecule has 0 amide bonds. The van der Waals surface area contributed by atoms with Crippen molar-refractivity contribution >= 4 is 16.7 Å². The summed E-state index contributed by atoms with van der Waals surface area (Å²) in [6.07, 6.45) is 3.89. The van der Waals surface area contributed by atoms with Gasteiger partial charge >= 0.3 is 0 Å². The quantitative estimate of drug-likeness (QED) is 0.531. The van der Waals surface area contributed by atoms with Crippen molar-refractivity contribution in [3.05, 3.63) is 66.7 Å². The molecule has 122 valence electrons. The molecule has 0 aliphatic rings. The maximum Gasteiger partial charge on any atom is 0.233 e. The number of benzene rings is 2. The van der Waals surface area contributed by atoms with Crippen LogP contribution in [0.2, 0.25) is 0 Å². The summed E-state index contributed by atoms with van der Waals surface area (Å²) in [5.41, 5.74) is 4.00. The lowest BCUT2D eigenvalue weighted by atomic mass is 10.1. The number of imidazole rings is 1. The molecule has 0 spiro atoms. The van der Waals surface area contributed by atoms with Crippen LogP contribution < -0.4 is 0 Å². The van der Waals surface area contributed by atoms with Gasteiger partial charge < -0.3 is 9.55 Å². The molecule has 0 aliphatic heterocycles. The maximum atomic E-state index is 13.1. The van der Waals surface area contributed by atoms with Gasteiger partial charge in [-0.15, -0.1) is 5.10 Å². The Morgan fingerprint density at radius 2 is 1.80 bits per heavy atom. The van der Waals surface area contributed by atoms with Crippen molar-refractivity contribution in [3.63, 3.8) is 0 Å². The van der Waals surface area contributed by atoms with Crippen LogP contribution in [0.4, 0.5) is 4.39 Å². The van der Waals surface area contributed by atoms with E-state index in [0.29, 0.717) is 5.82 Å². The molecule has 25 heavy (non-hydrogen) atoms. The maximum absolute atomic E-state index is 13.1. The SMILES string of the molecule is Cn1c(-c2ccc3cc[nH]c3c2)cn2nc(-c3ccc(F)cc3)nc12. The van der Waals surface area contributed by atoms with Gasteiger partial charge in [-0.1, -0.05) is 12.1 Å². The van der Waals surface area contributed by atoms with E-state index in [2.05, 4.69) is 33.3 Å². The lowest BCUT2D eigenvalue weighted by Crippen LogP contribution is -1.92. The van der Waals surface area contributed by atoms with E-state index >= 15 is 0 Å². The Hall–Kier alpha value is -3.41. The first kappa shape index (κ1) is 14.0. The Kier molecular flexibility index (Phi) is 2.82. The molecule has 0 bridgehead atoms. The zero-order valence-electron chi connectivity index (χ0n) is 13.4. The fraction of sp³-hybridized carbons (Fsp3) is 0.0526. The average Bonchev–Trinajstić information content (AvgIpc) is 3.31. The van der Waals surface area contributed by atoms with E-state index in [-0.39, 0.29) is 5.82 Å². The second kappa shape index (κ2) is 5.04. The van der Waals surface area contributed by atoms with Gasteiger partial charge in [0.1, 0.15) is 5.82 Å². The Morgan fingerprint density at radius 3 is 2.60 bits per heavy atom. The van der Waals surface area contributed by atoms with E-state index in [1.54, 1.807) is 16.6 Å². The van der Waals surface area contributed by atoms with Crippen LogP contribution in [-0.4, -0.2) is 24.1 Å². The van der Waals surface area contributed by atoms with Gasteiger partial charge in [-0.25, -0.2) is 8.91 Å². The smallest absolute Gasteiger partial charge is 0.233 e. The third-order valence-corrected chi connectivity index (χ3v) is 4.47. The summed E-state index contributed by atoms with van der Waals surface area (Å²) < 4.78 is 16.8. The fourth-order valence-corrected chi connectivity index (χ4v) is 3.14. The first-order valence-corrected chi connectivity index (χ1v) is 7.94. The summed E-state index contributed by atoms with van der Waals surface area (Å²) in [6.45, 7) is 0. The summed E-state index contributed by atoms with van der Waals surface area (Å²) in [4.78, 5) is 7.83. The van der Waals surface area contributed by atoms with Crippen LogP contribution >= 0.6 is 0 Å². The van der Waals surface area contributed by atoms with E-state index in [4.69, 9.17) is 0 Å². The van der Waals surface area contributed by atoms with Crippen molar-refractivity contribution in [2.45, 2.75) is 0 Å². The Labute approximate surface area is 142 Å². The molecule has 0 unspecified atom stereocenters. The van der Waals surface area contributed by atoms with Crippen molar-refractivity contribution in [1.29, 1.82) is 0 Å². The van der Waals surface area contributed by atoms with Crippen LogP contribution in [-0.2, 0) is 7.05 Å². The third kappa shape index (κ3) is 2.15. The highest BCUT2D eigenvalue weighted by Gasteiger charge is 2.14. The summed E-state index contributed by atoms with van der Waals surface area (Å²) in [5.74, 6) is 1.05. The number of hydrogen-bond acceptors (Lipinski definition) is 2. The third-order valence-electron chi connectivity index (χ3n) is 4.47. The van der Waals surface area contributed by atoms with Crippen molar-refractivity contribution in [2.24, 2.45) is 7.05 Å². The largest absolute Gasteiger partial charge is 0.361 e. The van der Waals surface area contributed by atoms with E-state index in [1.807, 2.05) is 30.1 Å². The number of halogens is 1. The van der Waals surface area contributed by atoms with E-state index in [1.165, 1.54) is 17.5 Å². The highest BCUT2D eigenvalue weighted by molar-refractivity contribution is 5.84. The lowest BCUT2D eigenvalue weighted by Gasteiger charge is -2.03. The lowest BCUT2D eigenvalue weighted by molar-refractivity contribution is 0.628. The minimum Gasteiger partial charge on any atom is -0.361 e. The van der Waals surface area contributed by atoms with Crippen LogP contribution in [0.3, 0.4) is 0 Å². The number of hydrogen-bond donors (Lipinski definition) is 1. The molecule has 0 aliphatic carbocycles. The molecule has 0 radical (unpaired) electrons. The molecule has 5 aromatic rings. The molecule has 2 aromatic carbocycles. The standard InChI is InChI=1S/C19H14FN5/c1-24-17(14-3-2-12-8-9-21-16(12)10-14)11-25-19(24)22-18(23-25)13-4-6-15(20)7-5-13/h2-11,21H,1H3. The second-order valence-corrected chi connectivity index (χ2v) is 6.04. The van der Waals surface area contributed by atoms with Crippen molar-refractivity contribution in [3.8, 4) is 22.6 Å². The highest BCUT2D eigenvalue weighted by atomic mass is 19.1. The van der Waals surface area contributed by atoms with Gasteiger partial charge in [-0.3, -0.25) is 0 Å². The predicted octanol–water partition coefficient (Wildman–Crippen LogP) is 4.02. The van der Waals surface area contributed by atoms with Crippen LogP contribution in [0.1, 0.15) is 0 Å². The van der Waals surface area contributed by atoms with Crippen molar-refractivity contribution < 1.29 is 4.39 Å². The van der Waals surface area contributed by atoms with Crippen LogP contribution in [0.5, 0.6) is 0 Å². The summed E-state index contributed by atoms with van der Waals surface area (Å²) >= 11 is 0. The van der Waals surface area contributed by atoms with Gasteiger partial charge in [0.2, 0.25) is 5.78 Å². The van der Waals surface area contributed by atoms with Gasteiger partial charge in [0.25, 0.3) is 0 Å². The fourth-order valence-electron chi connectivity index (χ4n) is 3.14. The second-order valence-electron chi connectivity index (χ2n) is 6.04. The van der Waals surface area contributed by atoms with E-state index in [0.717, 1.165) is 28.1 Å². The average molecular weight is 331 g/mol. The topological polar surface area (TPSA) is 50.9 Å². The number of aromatic nitrogens is 5. The summed E-state index contributed by atoms with van der Waals surface area (Å²) in [5, 5.41) is 5.71. The highest BCUT2D eigenvalue weighted by Crippen LogP contribution is 2.26. The molecule has 0 saturated heterocycles. The van der Waals surface area contributed by atoms with Crippen LogP contribution in [0.15, 0.2) is 60.9 Å². The minimum atomic E-state index is -0.269. The molecule has 3 heterocycles. The normalized spacial score (nSPS) is 11.6. The molecule has 5 rings (SSSR count). The Balaban J connectivity index is 1.62. The number of nitrogens with zero attached hydrogens (tertiary/aromatic N) is 4. The number of nitrogens with one attached hydrogen (secondary N) is 1. The first-order chi connectivity index (χ1) is 12.2. The number of aromatic amines is 1. The zero-order chi connectivity index (χ0) is 17.0. The number of H-pyrrole nitrogens is 1. The molecule has 3 aromatic heterocycles. The summed E-state index contributed by atoms with van der Waals surface area (Å²) in [7, 11) is 1.96. The van der Waals surface area contributed by atoms with Gasteiger partial charge in [-0.2, -0.15) is 4.98 Å². The van der Waals surface area contributed by atoms with Gasteiger partial charge in [-0.05, 0) is 41.8 Å². The number of rotatable bonds is 2. The molecule has 0 saturated carbocycles. The summed E-state index contributed by atoms with van der Waals surface area (Å²) in [6, 6.07) is 14.5. The van der Waals surface area contributed by atoms with Gasteiger partial charge in [0.15, 0.2) is 5.82 Å². The Morgan fingerprint density at radius 1 is 1.00 bits per heavy atom. The van der Waals surface area contributed by atoms with E-state index < -0.39 is 0 Å². The molecular formula is C19H14FN5. The Bertz CT molecular complexity index is 1210. The predicted molar refractivity (Wildman–Crippen MR) is 94.6 cm³/mol. The molecular weight excluding hydrogens is 317 g/mol. The molecule has 0 fully saturated rings. The first-order valence-electron chi connectivity index (χ1n) is 7.94. The minimum absolute atomic E-state index is 0.269. The van der Waals surface area contributed by atoms with E-state index in [9.17, 15) is 4.39 Å². The van der Waals surface area contributed by atoms with Gasteiger partial charge in [0, 0.05) is 29.9 Å². The zero-order valence-corrected chi connectivity index (χ0v) is 13.4. The van der Waals surface area contributed by atoms with Crippen LogP contribution in [0.25, 0.3) is 39.3 Å². The molecule has 0 atom stereocenters. The monoisotopic (exact) mass is 331 g/mol. The number of fused-ring (bicyclic) bond motifs is 2. The number of aryl methyl sites for hydroxylation is 1. The molecule has 1 N–H and O–H groups in total. The van der Waals surface area contributed by atoms with Gasteiger partial charge in [0.05, 0.1) is 11.9 Å².